The minimum Gasteiger partial charge on any atom is -0.384 e. The molecule has 1 unspecified atom stereocenters. The number of nitrogen functional groups attached to an aromatic ring is 1. The highest BCUT2D eigenvalue weighted by atomic mass is 35.5. The number of hydrazone groups is 2. The maximum absolute atomic E-state index is 14.2. The third-order valence-electron chi connectivity index (χ3n) is 16.2. The van der Waals surface area contributed by atoms with Gasteiger partial charge in [0.15, 0.2) is 0 Å². The summed E-state index contributed by atoms with van der Waals surface area (Å²) in [4.78, 5) is 84.9. The number of nitrogens with zero attached hydrogens (tertiary/aromatic N) is 11. The van der Waals surface area contributed by atoms with Gasteiger partial charge in [0.05, 0.1) is 23.5 Å². The highest BCUT2D eigenvalue weighted by Gasteiger charge is 2.62. The van der Waals surface area contributed by atoms with Gasteiger partial charge in [-0.25, -0.2) is 57.5 Å². The highest BCUT2D eigenvalue weighted by Crippen LogP contribution is 2.65. The van der Waals surface area contributed by atoms with Gasteiger partial charge in [-0.05, 0) is 161 Å². The summed E-state index contributed by atoms with van der Waals surface area (Å²) in [5.41, 5.74) is 7.24. The van der Waals surface area contributed by atoms with E-state index in [1.807, 2.05) is 4.90 Å². The number of hydrogen-bond donors (Lipinski definition) is 2. The largest absolute Gasteiger partial charge is 0.384 e. The molecule has 2 aliphatic carbocycles. The molecule has 2 saturated heterocycles. The van der Waals surface area contributed by atoms with Gasteiger partial charge in [0.25, 0.3) is 0 Å². The maximum atomic E-state index is 14.2. The van der Waals surface area contributed by atoms with E-state index in [0.717, 1.165) is 81.6 Å². The molecule has 4 atom stereocenters. The van der Waals surface area contributed by atoms with E-state index in [1.54, 1.807) is 36.8 Å². The lowest BCUT2D eigenvalue weighted by Gasteiger charge is -2.35. The number of carbonyl (C=O) groups is 5. The SMILES string of the molecule is CC(=O)Cc1ccnc(Cl)n1.CC(=O)Cc1ccnc(N2CCC(C(=O)N3N=CC[C@H]3c3cc(F)ccc3F)CC2)n1.CC[C@]12CCC(CC1=O)C2(C)C.Nc1ccnc(Cl)n1.O=C(C1CCNCC1)N1N=CC[C@H]1c1cc(F)ccc1F. The van der Waals surface area contributed by atoms with Gasteiger partial charge < -0.3 is 16.0 Å². The van der Waals surface area contributed by atoms with Crippen molar-refractivity contribution in [2.75, 3.05) is 36.8 Å². The van der Waals surface area contributed by atoms with Crippen molar-refractivity contribution in [1.29, 1.82) is 0 Å². The van der Waals surface area contributed by atoms with Crippen LogP contribution in [0.3, 0.4) is 0 Å². The quantitative estimate of drug-likeness (QED) is 0.0978. The second kappa shape index (κ2) is 28.9. The first-order valence-corrected chi connectivity index (χ1v) is 28.5. The van der Waals surface area contributed by atoms with Crippen LogP contribution in [0.5, 0.6) is 0 Å². The number of benzene rings is 2. The number of amides is 2. The van der Waals surface area contributed by atoms with E-state index in [9.17, 15) is 41.5 Å². The molecule has 442 valence electrons. The van der Waals surface area contributed by atoms with Crippen LogP contribution < -0.4 is 16.0 Å². The number of aromatic nitrogens is 6. The van der Waals surface area contributed by atoms with E-state index in [2.05, 4.69) is 66.2 Å². The summed E-state index contributed by atoms with van der Waals surface area (Å²) >= 11 is 10.8. The average molecular weight is 1190 g/mol. The molecular formula is C59H69Cl2F4N13O5. The predicted octanol–water partition coefficient (Wildman–Crippen LogP) is 10.1. The first-order chi connectivity index (χ1) is 39.6. The molecule has 11 rings (SSSR count). The smallest absolute Gasteiger partial charge is 0.246 e. The van der Waals surface area contributed by atoms with E-state index in [1.165, 1.54) is 42.7 Å². The topological polar surface area (TPSA) is 235 Å². The standard InChI is InChI=1S/C22H23F2N5O2.C15H17F2N3O.C11H18O.C7H7ClN2O.C4H4ClN3/c1-14(30)12-17-4-8-25-22(27-17)28-10-6-15(7-11-28)21(31)29-20(5-9-26-29)18-13-16(23)2-3-19(18)24;16-11-1-2-13(17)12(9-11)14-5-8-19-20(14)15(21)10-3-6-18-7-4-10;1-4-11-6-5-8(7-9(11)12)10(11,2)3;1-5(11)4-6-2-3-9-7(8)10-6;5-4-7-2-1-3(6)8-4/h2-4,8-9,13,15,20H,5-7,10-12H2,1H3;1-2,8-10,14,18H,3-7H2;8H,4-7H2,1-3H3;2-3H,4H2,1H3;1-2H,(H2,6,7,8)/t20-;14-;8?,11-;;/m000../s1. The van der Waals surface area contributed by atoms with Gasteiger partial charge in [0.2, 0.25) is 28.3 Å². The maximum Gasteiger partial charge on any atom is 0.246 e. The summed E-state index contributed by atoms with van der Waals surface area (Å²) in [6.45, 7) is 12.5. The summed E-state index contributed by atoms with van der Waals surface area (Å²) in [6, 6.07) is 10.4. The van der Waals surface area contributed by atoms with Gasteiger partial charge >= 0.3 is 0 Å². The number of nitrogens with two attached hydrogens (primary N) is 1. The van der Waals surface area contributed by atoms with Gasteiger partial charge in [-0.2, -0.15) is 10.2 Å². The molecule has 83 heavy (non-hydrogen) atoms. The molecule has 7 heterocycles. The van der Waals surface area contributed by atoms with Crippen LogP contribution >= 0.6 is 23.2 Å². The minimum absolute atomic E-state index is 0.0319. The number of fused-ring (bicyclic) bond motifs is 2. The molecule has 3 N–H and O–H groups in total. The number of anilines is 2. The summed E-state index contributed by atoms with van der Waals surface area (Å²) in [5, 5.41) is 14.4. The van der Waals surface area contributed by atoms with E-state index in [4.69, 9.17) is 28.9 Å². The number of halogens is 6. The Morgan fingerprint density at radius 3 is 1.60 bits per heavy atom. The Kier molecular flexibility index (Phi) is 22.1. The summed E-state index contributed by atoms with van der Waals surface area (Å²) in [7, 11) is 0. The van der Waals surface area contributed by atoms with Gasteiger partial charge in [0.1, 0.15) is 46.4 Å². The van der Waals surface area contributed by atoms with Crippen LogP contribution in [-0.2, 0) is 36.8 Å². The lowest BCUT2D eigenvalue weighted by Crippen LogP contribution is -2.41. The molecule has 0 spiro atoms. The first kappa shape index (κ1) is 63.4. The van der Waals surface area contributed by atoms with Crippen molar-refractivity contribution in [2.24, 2.45) is 38.8 Å². The van der Waals surface area contributed by atoms with E-state index in [-0.39, 0.29) is 68.7 Å². The van der Waals surface area contributed by atoms with Gasteiger partial charge in [-0.15, -0.1) is 0 Å². The minimum atomic E-state index is -0.632. The molecule has 2 bridgehead atoms. The molecule has 24 heteroatoms. The third kappa shape index (κ3) is 16.1. The monoisotopic (exact) mass is 1190 g/mol. The molecule has 2 aromatic carbocycles. The van der Waals surface area contributed by atoms with Gasteiger partial charge in [-0.3, -0.25) is 24.0 Å². The molecule has 4 aliphatic heterocycles. The second-order valence-corrected chi connectivity index (χ2v) is 22.5. The van der Waals surface area contributed by atoms with E-state index >= 15 is 0 Å². The molecule has 18 nitrogen and oxygen atoms in total. The van der Waals surface area contributed by atoms with Crippen molar-refractivity contribution in [3.63, 3.8) is 0 Å². The molecule has 5 aromatic rings. The predicted molar refractivity (Wildman–Crippen MR) is 307 cm³/mol. The van der Waals surface area contributed by atoms with Crippen LogP contribution in [-0.4, -0.2) is 108 Å². The Morgan fingerprint density at radius 2 is 1.17 bits per heavy atom. The van der Waals surface area contributed by atoms with Crippen LogP contribution in [0.4, 0.5) is 29.3 Å². The van der Waals surface area contributed by atoms with Gasteiger partial charge in [0, 0.05) is 105 Å². The van der Waals surface area contributed by atoms with Crippen LogP contribution in [0.1, 0.15) is 133 Å². The Hall–Kier alpha value is -7.17. The van der Waals surface area contributed by atoms with E-state index < -0.39 is 35.4 Å². The second-order valence-electron chi connectivity index (χ2n) is 21.8. The average Bonchev–Trinajstić information content (AvgIpc) is 1.87. The number of rotatable bonds is 10. The fourth-order valence-corrected chi connectivity index (χ4v) is 12.0. The van der Waals surface area contributed by atoms with Crippen molar-refractivity contribution < 1.29 is 41.5 Å². The fourth-order valence-electron chi connectivity index (χ4n) is 11.6. The van der Waals surface area contributed by atoms with Gasteiger partial charge in [-0.1, -0.05) is 20.8 Å². The molecule has 0 radical (unpaired) electrons. The van der Waals surface area contributed by atoms with E-state index in [0.29, 0.717) is 85.5 Å². The Labute approximate surface area is 490 Å². The van der Waals surface area contributed by atoms with Crippen molar-refractivity contribution in [1.82, 2.24) is 45.2 Å². The zero-order valence-electron chi connectivity index (χ0n) is 47.1. The van der Waals surface area contributed by atoms with Crippen molar-refractivity contribution >= 4 is 76.6 Å². The van der Waals surface area contributed by atoms with Crippen LogP contribution in [0, 0.1) is 51.9 Å². The molecule has 2 saturated carbocycles. The van der Waals surface area contributed by atoms with Crippen molar-refractivity contribution in [3.8, 4) is 0 Å². The zero-order valence-corrected chi connectivity index (χ0v) is 48.6. The highest BCUT2D eigenvalue weighted by molar-refractivity contribution is 6.28. The third-order valence-corrected chi connectivity index (χ3v) is 16.6. The number of nitrogens with one attached hydrogen (secondary N) is 1. The Bertz CT molecular complexity index is 3160. The van der Waals surface area contributed by atoms with Crippen LogP contribution in [0.2, 0.25) is 10.6 Å². The normalized spacial score (nSPS) is 21.4. The summed E-state index contributed by atoms with van der Waals surface area (Å²) in [5.74, 6) is -0.488. The first-order valence-electron chi connectivity index (χ1n) is 27.7. The zero-order chi connectivity index (χ0) is 60.0. The number of ketones is 3. The van der Waals surface area contributed by atoms with Crippen LogP contribution in [0.15, 0.2) is 83.4 Å². The molecular weight excluding hydrogens is 1120 g/mol. The van der Waals surface area contributed by atoms with Crippen LogP contribution in [0.25, 0.3) is 0 Å². The number of Topliss-reactive ketones (excluding diaryl/α,β-unsaturated/α-hetero) is 3. The lowest BCUT2D eigenvalue weighted by atomic mass is 9.67. The number of piperidine rings is 2. The molecule has 2 amide bonds. The Balaban J connectivity index is 0.000000163. The molecule has 4 fully saturated rings. The number of hydrogen-bond acceptors (Lipinski definition) is 16. The Morgan fingerprint density at radius 1 is 0.675 bits per heavy atom. The van der Waals surface area contributed by atoms with Crippen molar-refractivity contribution in [3.05, 3.63) is 130 Å². The lowest BCUT2D eigenvalue weighted by molar-refractivity contribution is -0.139. The number of carbonyl (C=O) groups excluding carboxylic acids is 5. The summed E-state index contributed by atoms with van der Waals surface area (Å²) < 4.78 is 55.2. The molecule has 3 aromatic heterocycles. The summed E-state index contributed by atoms with van der Waals surface area (Å²) in [6.07, 6.45) is 16.2. The fraction of sp³-hybridized carbons (Fsp3) is 0.475. The molecule has 6 aliphatic rings. The van der Waals surface area contributed by atoms with Crippen molar-refractivity contribution in [2.45, 2.75) is 124 Å².